The van der Waals surface area contributed by atoms with E-state index in [1.807, 2.05) is 0 Å². The molecule has 0 aromatic carbocycles. The van der Waals surface area contributed by atoms with Crippen molar-refractivity contribution >= 4 is 0 Å². The van der Waals surface area contributed by atoms with Gasteiger partial charge in [-0.1, -0.05) is 25.7 Å². The lowest BCUT2D eigenvalue weighted by Crippen LogP contribution is -2.46. The average Bonchev–Trinajstić information content (AvgIpc) is 2.92. The molecule has 2 aliphatic rings. The van der Waals surface area contributed by atoms with E-state index in [9.17, 15) is 5.11 Å². The van der Waals surface area contributed by atoms with E-state index in [1.54, 1.807) is 0 Å². The van der Waals surface area contributed by atoms with Crippen molar-refractivity contribution in [3.05, 3.63) is 0 Å². The van der Waals surface area contributed by atoms with Crippen LogP contribution in [0.2, 0.25) is 0 Å². The Balaban J connectivity index is 1.89. The topological polar surface area (TPSA) is 35.5 Å². The highest BCUT2D eigenvalue weighted by molar-refractivity contribution is 4.85. The number of aliphatic hydroxyl groups is 1. The molecular formula is C15H30N2O. The Morgan fingerprint density at radius 2 is 1.72 bits per heavy atom. The van der Waals surface area contributed by atoms with Crippen molar-refractivity contribution in [1.82, 2.24) is 10.2 Å². The van der Waals surface area contributed by atoms with Gasteiger partial charge in [0.05, 0.1) is 6.61 Å². The first-order valence-corrected chi connectivity index (χ1v) is 7.87. The van der Waals surface area contributed by atoms with Gasteiger partial charge in [-0.25, -0.2) is 0 Å². The van der Waals surface area contributed by atoms with Gasteiger partial charge in [0, 0.05) is 25.2 Å². The third-order valence-electron chi connectivity index (χ3n) is 4.98. The van der Waals surface area contributed by atoms with Gasteiger partial charge in [-0.15, -0.1) is 0 Å². The van der Waals surface area contributed by atoms with Gasteiger partial charge in [-0.2, -0.15) is 0 Å². The smallest absolute Gasteiger partial charge is 0.0558 e. The van der Waals surface area contributed by atoms with Crippen molar-refractivity contribution in [2.75, 3.05) is 26.7 Å². The molecule has 3 heteroatoms. The fourth-order valence-corrected chi connectivity index (χ4v) is 3.93. The van der Waals surface area contributed by atoms with E-state index in [0.717, 1.165) is 18.5 Å². The lowest BCUT2D eigenvalue weighted by atomic mass is 9.84. The molecule has 2 unspecified atom stereocenters. The Bertz CT molecular complexity index is 229. The molecule has 0 saturated heterocycles. The van der Waals surface area contributed by atoms with Crippen LogP contribution in [0.4, 0.5) is 0 Å². The molecule has 2 saturated carbocycles. The largest absolute Gasteiger partial charge is 0.395 e. The Kier molecular flexibility index (Phi) is 5.93. The SMILES string of the molecule is CNC1CCCCC1CN(CCO)C1CCCC1. The first-order valence-electron chi connectivity index (χ1n) is 7.87. The summed E-state index contributed by atoms with van der Waals surface area (Å²) < 4.78 is 0. The highest BCUT2D eigenvalue weighted by Crippen LogP contribution is 2.29. The van der Waals surface area contributed by atoms with Crippen LogP contribution in [-0.2, 0) is 0 Å². The molecule has 0 heterocycles. The molecule has 0 amide bonds. The molecule has 0 spiro atoms. The van der Waals surface area contributed by atoms with E-state index in [1.165, 1.54) is 57.9 Å². The van der Waals surface area contributed by atoms with Crippen molar-refractivity contribution in [1.29, 1.82) is 0 Å². The Morgan fingerprint density at radius 3 is 2.39 bits per heavy atom. The van der Waals surface area contributed by atoms with Crippen molar-refractivity contribution in [3.8, 4) is 0 Å². The standard InChI is InChI=1S/C15H30N2O/c1-16-15-9-5-2-6-13(15)12-17(10-11-18)14-7-3-4-8-14/h13-16,18H,2-12H2,1H3. The third kappa shape index (κ3) is 3.69. The van der Waals surface area contributed by atoms with Crippen LogP contribution in [0.5, 0.6) is 0 Å². The second kappa shape index (κ2) is 7.46. The summed E-state index contributed by atoms with van der Waals surface area (Å²) in [6.45, 7) is 2.38. The molecule has 2 aliphatic carbocycles. The molecule has 3 nitrogen and oxygen atoms in total. The first kappa shape index (κ1) is 14.3. The van der Waals surface area contributed by atoms with Gasteiger partial charge < -0.3 is 10.4 Å². The van der Waals surface area contributed by atoms with Gasteiger partial charge in [0.1, 0.15) is 0 Å². The highest BCUT2D eigenvalue weighted by atomic mass is 16.3. The van der Waals surface area contributed by atoms with Crippen molar-refractivity contribution in [2.24, 2.45) is 5.92 Å². The Morgan fingerprint density at radius 1 is 1.06 bits per heavy atom. The first-order chi connectivity index (χ1) is 8.85. The fourth-order valence-electron chi connectivity index (χ4n) is 3.93. The monoisotopic (exact) mass is 254 g/mol. The summed E-state index contributed by atoms with van der Waals surface area (Å²) >= 11 is 0. The second-order valence-electron chi connectivity index (χ2n) is 6.10. The zero-order chi connectivity index (χ0) is 12.8. The summed E-state index contributed by atoms with van der Waals surface area (Å²) in [4.78, 5) is 2.58. The van der Waals surface area contributed by atoms with Gasteiger partial charge >= 0.3 is 0 Å². The maximum Gasteiger partial charge on any atom is 0.0558 e. The summed E-state index contributed by atoms with van der Waals surface area (Å²) in [7, 11) is 2.11. The van der Waals surface area contributed by atoms with E-state index in [-0.39, 0.29) is 0 Å². The average molecular weight is 254 g/mol. The van der Waals surface area contributed by atoms with E-state index >= 15 is 0 Å². The summed E-state index contributed by atoms with van der Waals surface area (Å²) in [5.74, 6) is 0.788. The van der Waals surface area contributed by atoms with Crippen molar-refractivity contribution in [3.63, 3.8) is 0 Å². The number of nitrogens with one attached hydrogen (secondary N) is 1. The van der Waals surface area contributed by atoms with Gasteiger partial charge in [0.2, 0.25) is 0 Å². The minimum atomic E-state index is 0.313. The summed E-state index contributed by atoms with van der Waals surface area (Å²) in [5, 5.41) is 12.8. The van der Waals surface area contributed by atoms with Crippen LogP contribution in [0.1, 0.15) is 51.4 Å². The second-order valence-corrected chi connectivity index (χ2v) is 6.10. The van der Waals surface area contributed by atoms with Crippen LogP contribution in [0, 0.1) is 5.92 Å². The zero-order valence-corrected chi connectivity index (χ0v) is 11.9. The van der Waals surface area contributed by atoms with Crippen molar-refractivity contribution < 1.29 is 5.11 Å². The minimum absolute atomic E-state index is 0.313. The molecular weight excluding hydrogens is 224 g/mol. The lowest BCUT2D eigenvalue weighted by Gasteiger charge is -2.37. The number of hydrogen-bond acceptors (Lipinski definition) is 3. The molecule has 0 bridgehead atoms. The molecule has 0 aromatic heterocycles. The molecule has 2 atom stereocenters. The van der Waals surface area contributed by atoms with E-state index in [2.05, 4.69) is 17.3 Å². The Hall–Kier alpha value is -0.120. The quantitative estimate of drug-likeness (QED) is 0.761. The number of aliphatic hydroxyl groups excluding tert-OH is 1. The molecule has 2 rings (SSSR count). The summed E-state index contributed by atoms with van der Waals surface area (Å²) in [6.07, 6.45) is 10.9. The van der Waals surface area contributed by atoms with Crippen LogP contribution in [0.25, 0.3) is 0 Å². The number of hydrogen-bond donors (Lipinski definition) is 2. The van der Waals surface area contributed by atoms with Gasteiger partial charge in [0.15, 0.2) is 0 Å². The molecule has 106 valence electrons. The molecule has 0 aliphatic heterocycles. The Labute approximate surface area is 112 Å². The van der Waals surface area contributed by atoms with E-state index in [4.69, 9.17) is 0 Å². The minimum Gasteiger partial charge on any atom is -0.395 e. The highest BCUT2D eigenvalue weighted by Gasteiger charge is 2.29. The van der Waals surface area contributed by atoms with Gasteiger partial charge in [-0.05, 0) is 38.6 Å². The fraction of sp³-hybridized carbons (Fsp3) is 1.00. The maximum absolute atomic E-state index is 9.29. The molecule has 0 radical (unpaired) electrons. The number of rotatable bonds is 6. The van der Waals surface area contributed by atoms with Gasteiger partial charge in [-0.3, -0.25) is 4.90 Å². The zero-order valence-electron chi connectivity index (χ0n) is 11.9. The molecule has 2 N–H and O–H groups in total. The third-order valence-corrected chi connectivity index (χ3v) is 4.98. The summed E-state index contributed by atoms with van der Waals surface area (Å²) in [6, 6.07) is 1.44. The summed E-state index contributed by atoms with van der Waals surface area (Å²) in [5.41, 5.74) is 0. The van der Waals surface area contributed by atoms with Crippen LogP contribution < -0.4 is 5.32 Å². The lowest BCUT2D eigenvalue weighted by molar-refractivity contribution is 0.108. The molecule has 0 aromatic rings. The molecule has 18 heavy (non-hydrogen) atoms. The van der Waals surface area contributed by atoms with Crippen LogP contribution in [0.3, 0.4) is 0 Å². The van der Waals surface area contributed by atoms with Gasteiger partial charge in [0.25, 0.3) is 0 Å². The number of nitrogens with zero attached hydrogens (tertiary/aromatic N) is 1. The van der Waals surface area contributed by atoms with Crippen LogP contribution >= 0.6 is 0 Å². The maximum atomic E-state index is 9.29. The predicted molar refractivity (Wildman–Crippen MR) is 75.7 cm³/mol. The van der Waals surface area contributed by atoms with Crippen LogP contribution in [-0.4, -0.2) is 48.8 Å². The van der Waals surface area contributed by atoms with Crippen molar-refractivity contribution in [2.45, 2.75) is 63.5 Å². The molecule has 2 fully saturated rings. The van der Waals surface area contributed by atoms with Crippen LogP contribution in [0.15, 0.2) is 0 Å². The van der Waals surface area contributed by atoms with E-state index in [0.29, 0.717) is 12.6 Å². The van der Waals surface area contributed by atoms with E-state index < -0.39 is 0 Å². The predicted octanol–water partition coefficient (Wildman–Crippen LogP) is 2.00. The normalized spacial score (nSPS) is 30.2.